The van der Waals surface area contributed by atoms with Gasteiger partial charge in [-0.05, 0) is 43.5 Å². The highest BCUT2D eigenvalue weighted by atomic mass is 35.5. The van der Waals surface area contributed by atoms with Gasteiger partial charge >= 0.3 is 0 Å². The first kappa shape index (κ1) is 26.8. The molecule has 1 aliphatic carbocycles. The lowest BCUT2D eigenvalue weighted by atomic mass is 10.0. The lowest BCUT2D eigenvalue weighted by Gasteiger charge is -2.24. The molecule has 2 heterocycles. The Morgan fingerprint density at radius 1 is 1.24 bits per heavy atom. The average Bonchev–Trinajstić information content (AvgIpc) is 3.26. The monoisotopic (exact) mass is 546 g/mol. The molecule has 2 atom stereocenters. The average molecular weight is 547 g/mol. The molecule has 1 saturated heterocycles. The summed E-state index contributed by atoms with van der Waals surface area (Å²) in [7, 11) is 0. The van der Waals surface area contributed by atoms with E-state index in [1.165, 1.54) is 6.92 Å². The molecule has 0 spiro atoms. The van der Waals surface area contributed by atoms with Crippen LogP contribution in [0.4, 0.5) is 5.69 Å². The molecule has 0 bridgehead atoms. The van der Waals surface area contributed by atoms with Crippen LogP contribution in [0, 0.1) is 11.3 Å². The van der Waals surface area contributed by atoms with E-state index in [2.05, 4.69) is 20.6 Å². The zero-order valence-corrected chi connectivity index (χ0v) is 21.8. The summed E-state index contributed by atoms with van der Waals surface area (Å²) >= 11 is 12.1. The molecule has 12 heteroatoms. The molecule has 2 amide bonds. The van der Waals surface area contributed by atoms with Crippen molar-refractivity contribution in [3.8, 4) is 5.75 Å². The van der Waals surface area contributed by atoms with Gasteiger partial charge in [-0.2, -0.15) is 0 Å². The number of halogens is 2. The number of ether oxygens (including phenoxy) is 1. The fourth-order valence-corrected chi connectivity index (χ4v) is 4.69. The number of benzene rings is 1. The molecule has 2 aromatic rings. The van der Waals surface area contributed by atoms with Gasteiger partial charge in [-0.25, -0.2) is 9.97 Å². The van der Waals surface area contributed by atoms with Crippen molar-refractivity contribution in [2.24, 2.45) is 5.92 Å². The van der Waals surface area contributed by atoms with Crippen LogP contribution in [0.5, 0.6) is 5.75 Å². The van der Waals surface area contributed by atoms with Crippen molar-refractivity contribution in [2.45, 2.75) is 43.2 Å². The van der Waals surface area contributed by atoms with Crippen LogP contribution in [0.2, 0.25) is 0 Å². The van der Waals surface area contributed by atoms with Crippen molar-refractivity contribution in [1.82, 2.24) is 20.2 Å². The Morgan fingerprint density at radius 2 is 1.97 bits per heavy atom. The van der Waals surface area contributed by atoms with Gasteiger partial charge in [0.2, 0.25) is 11.8 Å². The van der Waals surface area contributed by atoms with E-state index in [0.29, 0.717) is 48.8 Å². The highest BCUT2D eigenvalue weighted by Crippen LogP contribution is 2.52. The number of carbonyl (C=O) groups excluding carboxylic acids is 3. The largest absolute Gasteiger partial charge is 0.486 e. The molecule has 1 saturated carbocycles. The summed E-state index contributed by atoms with van der Waals surface area (Å²) in [6.07, 6.45) is 5.15. The first-order valence-corrected chi connectivity index (χ1v) is 12.7. The highest BCUT2D eigenvalue weighted by molar-refractivity contribution is 6.50. The molecule has 0 unspecified atom stereocenters. The fraction of sp³-hybridized carbons (Fsp3) is 0.440. The Hall–Kier alpha value is -3.24. The smallest absolute Gasteiger partial charge is 0.242 e. The highest BCUT2D eigenvalue weighted by Gasteiger charge is 2.51. The number of nitrogens with zero attached hydrogens (tertiary/aromatic N) is 3. The normalized spacial score (nSPS) is 19.7. The number of Topliss-reactive ketones (excluding diaryl/α,β-unsaturated/α-hetero) is 1. The number of carbonyl (C=O) groups is 3. The Bertz CT molecular complexity index is 1190. The lowest BCUT2D eigenvalue weighted by molar-refractivity contribution is -0.137. The molecular formula is C25H28Cl2N6O4. The summed E-state index contributed by atoms with van der Waals surface area (Å²) < 4.78 is 4.95. The van der Waals surface area contributed by atoms with Gasteiger partial charge in [0.15, 0.2) is 11.6 Å². The molecule has 2 fully saturated rings. The minimum atomic E-state index is -0.774. The number of nitrogens with one attached hydrogen (secondary N) is 3. The number of anilines is 1. The number of amides is 2. The first-order chi connectivity index (χ1) is 17.7. The molecule has 1 aliphatic heterocycles. The Kier molecular flexibility index (Phi) is 8.29. The summed E-state index contributed by atoms with van der Waals surface area (Å²) in [5.74, 6) is 0.0383. The Balaban J connectivity index is 1.38. The van der Waals surface area contributed by atoms with Crippen LogP contribution < -0.4 is 15.4 Å². The van der Waals surface area contributed by atoms with Crippen molar-refractivity contribution >= 4 is 52.2 Å². The number of aromatic nitrogens is 2. The third kappa shape index (κ3) is 6.75. The third-order valence-corrected chi connectivity index (χ3v) is 7.31. The van der Waals surface area contributed by atoms with Crippen molar-refractivity contribution in [3.05, 3.63) is 48.0 Å². The van der Waals surface area contributed by atoms with Gasteiger partial charge in [-0.3, -0.25) is 19.8 Å². The number of hydrogen-bond donors (Lipinski definition) is 3. The second kappa shape index (κ2) is 11.4. The predicted molar refractivity (Wildman–Crippen MR) is 139 cm³/mol. The minimum Gasteiger partial charge on any atom is -0.486 e. The van der Waals surface area contributed by atoms with E-state index in [1.54, 1.807) is 41.6 Å². The lowest BCUT2D eigenvalue weighted by Crippen LogP contribution is -2.48. The summed E-state index contributed by atoms with van der Waals surface area (Å²) in [5.41, 5.74) is 0.522. The fourth-order valence-electron chi connectivity index (χ4n) is 4.16. The van der Waals surface area contributed by atoms with E-state index in [9.17, 15) is 14.4 Å². The third-order valence-electron chi connectivity index (χ3n) is 6.38. The van der Waals surface area contributed by atoms with Crippen molar-refractivity contribution < 1.29 is 19.1 Å². The molecule has 196 valence electrons. The van der Waals surface area contributed by atoms with Crippen LogP contribution in [0.15, 0.2) is 36.7 Å². The standard InChI is InChI=1S/C25H28Cl2N6O4/c1-15(34)23(28)18-10-17(37-14-21-29-7-3-8-30-21)5-6-19(18)31-13-22(35)33-9-2-4-20(33)24(36)32-12-16-11-25(16,26)27/h3,5-8,10,16,20,28,31H,2,4,9,11-14H2,1H3,(H,32,36)/t16-,20+/m1/s1. The number of ketones is 1. The van der Waals surface area contributed by atoms with Crippen LogP contribution in [0.1, 0.15) is 37.6 Å². The van der Waals surface area contributed by atoms with Crippen LogP contribution in [-0.4, -0.2) is 68.2 Å². The first-order valence-electron chi connectivity index (χ1n) is 12.0. The molecule has 1 aromatic carbocycles. The number of rotatable bonds is 11. The number of likely N-dealkylation sites (tertiary alicyclic amines) is 1. The summed E-state index contributed by atoms with van der Waals surface area (Å²) in [5, 5.41) is 14.1. The van der Waals surface area contributed by atoms with Gasteiger partial charge in [0.05, 0.1) is 6.54 Å². The quantitative estimate of drug-likeness (QED) is 0.291. The Morgan fingerprint density at radius 3 is 2.65 bits per heavy atom. The van der Waals surface area contributed by atoms with Crippen molar-refractivity contribution in [1.29, 1.82) is 5.41 Å². The van der Waals surface area contributed by atoms with Crippen LogP contribution in [-0.2, 0) is 21.0 Å². The maximum Gasteiger partial charge on any atom is 0.242 e. The van der Waals surface area contributed by atoms with E-state index in [0.717, 1.165) is 6.42 Å². The van der Waals surface area contributed by atoms with Gasteiger partial charge < -0.3 is 20.3 Å². The van der Waals surface area contributed by atoms with E-state index in [-0.39, 0.29) is 36.6 Å². The number of alkyl halides is 2. The zero-order chi connectivity index (χ0) is 26.6. The zero-order valence-electron chi connectivity index (χ0n) is 20.3. The maximum atomic E-state index is 13.0. The van der Waals surface area contributed by atoms with Crippen LogP contribution in [0.3, 0.4) is 0 Å². The SMILES string of the molecule is CC(=O)C(=N)c1cc(OCc2ncccn2)ccc1NCC(=O)N1CCC[C@H]1C(=O)NC[C@H]1CC1(Cl)Cl. The maximum absolute atomic E-state index is 13.0. The van der Waals surface area contributed by atoms with Gasteiger partial charge in [0.1, 0.15) is 28.4 Å². The molecule has 4 rings (SSSR count). The molecule has 0 radical (unpaired) electrons. The summed E-state index contributed by atoms with van der Waals surface area (Å²) in [6.45, 7) is 2.17. The summed E-state index contributed by atoms with van der Waals surface area (Å²) in [4.78, 5) is 47.4. The van der Waals surface area contributed by atoms with Crippen molar-refractivity contribution in [2.75, 3.05) is 25.0 Å². The molecule has 37 heavy (non-hydrogen) atoms. The predicted octanol–water partition coefficient (Wildman–Crippen LogP) is 2.73. The van der Waals surface area contributed by atoms with E-state index in [1.807, 2.05) is 0 Å². The molecule has 2 aliphatic rings. The molecule has 1 aromatic heterocycles. The summed E-state index contributed by atoms with van der Waals surface area (Å²) in [6, 6.07) is 6.03. The molecule has 10 nitrogen and oxygen atoms in total. The van der Waals surface area contributed by atoms with Gasteiger partial charge in [0, 0.05) is 49.6 Å². The van der Waals surface area contributed by atoms with Gasteiger partial charge in [-0.1, -0.05) is 0 Å². The molecular weight excluding hydrogens is 519 g/mol. The van der Waals surface area contributed by atoms with Gasteiger partial charge in [-0.15, -0.1) is 23.2 Å². The van der Waals surface area contributed by atoms with E-state index < -0.39 is 16.2 Å². The van der Waals surface area contributed by atoms with Gasteiger partial charge in [0.25, 0.3) is 0 Å². The van der Waals surface area contributed by atoms with Crippen LogP contribution in [0.25, 0.3) is 0 Å². The second-order valence-electron chi connectivity index (χ2n) is 9.10. The van der Waals surface area contributed by atoms with Crippen molar-refractivity contribution in [3.63, 3.8) is 0 Å². The van der Waals surface area contributed by atoms with Crippen LogP contribution >= 0.6 is 23.2 Å². The van der Waals surface area contributed by atoms with E-state index in [4.69, 9.17) is 33.3 Å². The topological polar surface area (TPSA) is 137 Å². The minimum absolute atomic E-state index is 0.0224. The number of hydrogen-bond acceptors (Lipinski definition) is 8. The van der Waals surface area contributed by atoms with E-state index >= 15 is 0 Å². The molecule has 3 N–H and O–H groups in total. The second-order valence-corrected chi connectivity index (χ2v) is 10.6. The Labute approximate surface area is 224 Å².